The number of nitrogens with zero attached hydrogens (tertiary/aromatic N) is 5. The SMILES string of the molecule is Cn1cc(-c2cnc3c(c2)CCC3Oc2nc3nc(O[C@@H]4COC5C4OC[C@H]5O)[nH]c3cc2Cl)cn1. The van der Waals surface area contributed by atoms with Gasteiger partial charge in [-0.05, 0) is 30.5 Å². The summed E-state index contributed by atoms with van der Waals surface area (Å²) in [6.45, 7) is 0.541. The van der Waals surface area contributed by atoms with E-state index < -0.39 is 6.10 Å². The molecule has 0 amide bonds. The number of pyridine rings is 2. The Balaban J connectivity index is 1.10. The van der Waals surface area contributed by atoms with Crippen molar-refractivity contribution in [1.82, 2.24) is 29.7 Å². The number of aryl methyl sites for hydroxylation is 2. The van der Waals surface area contributed by atoms with Gasteiger partial charge in [0.15, 0.2) is 11.8 Å². The molecule has 2 saturated heterocycles. The minimum atomic E-state index is -0.642. The Bertz CT molecular complexity index is 1460. The number of aromatic amines is 1. The lowest BCUT2D eigenvalue weighted by Crippen LogP contribution is -2.34. The third kappa shape index (κ3) is 3.70. The molecule has 186 valence electrons. The monoisotopic (exact) mass is 510 g/mol. The number of rotatable bonds is 5. The van der Waals surface area contributed by atoms with Crippen LogP contribution in [-0.4, -0.2) is 72.5 Å². The number of aromatic nitrogens is 6. The zero-order chi connectivity index (χ0) is 24.4. The van der Waals surface area contributed by atoms with Crippen LogP contribution in [0, 0.1) is 0 Å². The molecular weight excluding hydrogens is 488 g/mol. The van der Waals surface area contributed by atoms with Crippen molar-refractivity contribution in [3.63, 3.8) is 0 Å². The molecule has 0 bridgehead atoms. The summed E-state index contributed by atoms with van der Waals surface area (Å²) < 4.78 is 25.2. The lowest BCUT2D eigenvalue weighted by atomic mass is 10.1. The molecule has 2 aliphatic heterocycles. The Morgan fingerprint density at radius 1 is 1.11 bits per heavy atom. The van der Waals surface area contributed by atoms with Gasteiger partial charge in [-0.2, -0.15) is 15.1 Å². The second-order valence-electron chi connectivity index (χ2n) is 9.32. The summed E-state index contributed by atoms with van der Waals surface area (Å²) in [7, 11) is 1.89. The van der Waals surface area contributed by atoms with Crippen molar-refractivity contribution < 1.29 is 24.1 Å². The van der Waals surface area contributed by atoms with E-state index in [1.807, 2.05) is 25.6 Å². The predicted molar refractivity (Wildman–Crippen MR) is 127 cm³/mol. The van der Waals surface area contributed by atoms with Gasteiger partial charge < -0.3 is 29.0 Å². The topological polar surface area (TPSA) is 129 Å². The highest BCUT2D eigenvalue weighted by atomic mass is 35.5. The molecule has 4 aromatic rings. The molecule has 4 aromatic heterocycles. The van der Waals surface area contributed by atoms with Crippen molar-refractivity contribution in [2.24, 2.45) is 7.05 Å². The van der Waals surface area contributed by atoms with Crippen LogP contribution in [0.3, 0.4) is 0 Å². The van der Waals surface area contributed by atoms with E-state index in [0.29, 0.717) is 28.7 Å². The highest BCUT2D eigenvalue weighted by Gasteiger charge is 2.48. The fraction of sp³-hybridized carbons (Fsp3) is 0.417. The number of hydrogen-bond acceptors (Lipinski definition) is 9. The Morgan fingerprint density at radius 2 is 2.00 bits per heavy atom. The van der Waals surface area contributed by atoms with Gasteiger partial charge in [-0.15, -0.1) is 0 Å². The molecule has 0 aromatic carbocycles. The van der Waals surface area contributed by atoms with Crippen LogP contribution in [0.2, 0.25) is 5.02 Å². The highest BCUT2D eigenvalue weighted by Crippen LogP contribution is 2.38. The van der Waals surface area contributed by atoms with E-state index in [4.69, 9.17) is 35.5 Å². The van der Waals surface area contributed by atoms with E-state index in [1.54, 1.807) is 10.7 Å². The average Bonchev–Trinajstić information content (AvgIpc) is 3.67. The highest BCUT2D eigenvalue weighted by molar-refractivity contribution is 6.32. The van der Waals surface area contributed by atoms with Crippen LogP contribution >= 0.6 is 11.6 Å². The summed E-state index contributed by atoms with van der Waals surface area (Å²) >= 11 is 6.51. The summed E-state index contributed by atoms with van der Waals surface area (Å²) in [5.41, 5.74) is 5.13. The lowest BCUT2D eigenvalue weighted by molar-refractivity contribution is 0.00706. The summed E-state index contributed by atoms with van der Waals surface area (Å²) in [4.78, 5) is 16.8. The summed E-state index contributed by atoms with van der Waals surface area (Å²) in [5.74, 6) is 0.296. The zero-order valence-corrected chi connectivity index (χ0v) is 20.1. The number of aliphatic hydroxyl groups excluding tert-OH is 1. The molecule has 2 N–H and O–H groups in total. The molecule has 7 rings (SSSR count). The number of fused-ring (bicyclic) bond motifs is 3. The second kappa shape index (κ2) is 8.41. The fourth-order valence-electron chi connectivity index (χ4n) is 5.12. The van der Waals surface area contributed by atoms with Crippen LogP contribution in [0.5, 0.6) is 11.9 Å². The van der Waals surface area contributed by atoms with Crippen LogP contribution in [0.4, 0.5) is 0 Å². The maximum Gasteiger partial charge on any atom is 0.296 e. The molecule has 0 spiro atoms. The van der Waals surface area contributed by atoms with Crippen LogP contribution < -0.4 is 9.47 Å². The molecule has 6 heterocycles. The molecule has 2 fully saturated rings. The summed E-state index contributed by atoms with van der Waals surface area (Å²) in [5, 5.41) is 14.5. The van der Waals surface area contributed by atoms with E-state index in [9.17, 15) is 5.11 Å². The minimum absolute atomic E-state index is 0.233. The number of imidazole rings is 1. The number of hydrogen-bond donors (Lipinski definition) is 2. The Morgan fingerprint density at radius 3 is 2.86 bits per heavy atom. The van der Waals surface area contributed by atoms with E-state index in [1.165, 1.54) is 0 Å². The van der Waals surface area contributed by atoms with Gasteiger partial charge in [-0.3, -0.25) is 9.67 Å². The first-order valence-electron chi connectivity index (χ1n) is 11.8. The zero-order valence-electron chi connectivity index (χ0n) is 19.3. The Labute approximate surface area is 210 Å². The smallest absolute Gasteiger partial charge is 0.296 e. The van der Waals surface area contributed by atoms with Crippen molar-refractivity contribution in [2.45, 2.75) is 43.4 Å². The predicted octanol–water partition coefficient (Wildman–Crippen LogP) is 2.38. The summed E-state index contributed by atoms with van der Waals surface area (Å²) in [6.07, 6.45) is 5.28. The van der Waals surface area contributed by atoms with E-state index in [2.05, 4.69) is 26.1 Å². The third-order valence-corrected chi connectivity index (χ3v) is 7.16. The largest absolute Gasteiger partial charge is 0.467 e. The number of H-pyrrole nitrogens is 1. The van der Waals surface area contributed by atoms with Crippen LogP contribution in [0.25, 0.3) is 22.3 Å². The first kappa shape index (κ1) is 22.0. The van der Waals surface area contributed by atoms with Crippen LogP contribution in [0.1, 0.15) is 23.8 Å². The van der Waals surface area contributed by atoms with Gasteiger partial charge in [-0.1, -0.05) is 11.6 Å². The Kier molecular flexibility index (Phi) is 5.14. The fourth-order valence-corrected chi connectivity index (χ4v) is 5.31. The molecule has 1 aliphatic carbocycles. The van der Waals surface area contributed by atoms with Gasteiger partial charge in [-0.25, -0.2) is 0 Å². The van der Waals surface area contributed by atoms with Crippen molar-refractivity contribution in [2.75, 3.05) is 13.2 Å². The molecule has 12 heteroatoms. The lowest BCUT2D eigenvalue weighted by Gasteiger charge is -2.15. The van der Waals surface area contributed by atoms with Crippen molar-refractivity contribution >= 4 is 22.8 Å². The molecule has 11 nitrogen and oxygen atoms in total. The second-order valence-corrected chi connectivity index (χ2v) is 9.73. The number of aliphatic hydroxyl groups is 1. The molecular formula is C24H23ClN6O5. The van der Waals surface area contributed by atoms with E-state index >= 15 is 0 Å². The average molecular weight is 511 g/mol. The van der Waals surface area contributed by atoms with Gasteiger partial charge in [0, 0.05) is 30.6 Å². The number of halogens is 1. The molecule has 5 atom stereocenters. The van der Waals surface area contributed by atoms with Gasteiger partial charge in [0.1, 0.15) is 29.4 Å². The van der Waals surface area contributed by atoms with Gasteiger partial charge >= 0.3 is 0 Å². The van der Waals surface area contributed by atoms with E-state index in [0.717, 1.165) is 35.2 Å². The molecule has 0 saturated carbocycles. The van der Waals surface area contributed by atoms with Crippen molar-refractivity contribution in [1.29, 1.82) is 0 Å². The van der Waals surface area contributed by atoms with E-state index in [-0.39, 0.29) is 37.0 Å². The quantitative estimate of drug-likeness (QED) is 0.415. The molecule has 3 aliphatic rings. The number of nitrogens with one attached hydrogen (secondary N) is 1. The van der Waals surface area contributed by atoms with Crippen LogP contribution in [0.15, 0.2) is 30.7 Å². The Hall–Kier alpha value is -3.25. The number of ether oxygens (including phenoxy) is 4. The maximum atomic E-state index is 9.93. The molecule has 0 radical (unpaired) electrons. The first-order valence-corrected chi connectivity index (χ1v) is 12.2. The van der Waals surface area contributed by atoms with Crippen molar-refractivity contribution in [3.8, 4) is 23.0 Å². The van der Waals surface area contributed by atoms with Crippen LogP contribution in [-0.2, 0) is 22.9 Å². The normalized spacial score (nSPS) is 26.9. The van der Waals surface area contributed by atoms with Gasteiger partial charge in [0.2, 0.25) is 5.88 Å². The minimum Gasteiger partial charge on any atom is -0.467 e. The third-order valence-electron chi connectivity index (χ3n) is 6.89. The van der Waals surface area contributed by atoms with Gasteiger partial charge in [0.25, 0.3) is 6.01 Å². The van der Waals surface area contributed by atoms with Gasteiger partial charge in [0.05, 0.1) is 30.6 Å². The van der Waals surface area contributed by atoms with Crippen molar-refractivity contribution in [3.05, 3.63) is 47.0 Å². The summed E-state index contributed by atoms with van der Waals surface area (Å²) in [6, 6.07) is 4.14. The molecule has 3 unspecified atom stereocenters. The maximum absolute atomic E-state index is 9.93. The molecule has 36 heavy (non-hydrogen) atoms. The standard InChI is InChI=1S/C24H23ClN6O5/c1-31-8-13(7-27-31)12-4-11-2-3-17(19(11)26-6-12)35-23-14(25)5-15-22(29-23)30-24(28-15)36-18-10-34-20-16(32)9-33-21(18)20/h4-8,16-18,20-21,32H,2-3,9-10H2,1H3,(H,28,29,30)/t16-,17?,18-,20?,21?/m1/s1. The first-order chi connectivity index (χ1) is 17.5.